The zero-order valence-electron chi connectivity index (χ0n) is 13.8. The minimum Gasteiger partial charge on any atom is -0.355 e. The van der Waals surface area contributed by atoms with E-state index in [1.54, 1.807) is 0 Å². The van der Waals surface area contributed by atoms with E-state index < -0.39 is 0 Å². The van der Waals surface area contributed by atoms with Gasteiger partial charge in [-0.3, -0.25) is 4.79 Å². The number of carbonyl (C=O) groups excluding carboxylic acids is 1. The summed E-state index contributed by atoms with van der Waals surface area (Å²) in [6.45, 7) is 9.31. The number of rotatable bonds is 2. The Balaban J connectivity index is 2.00. The molecule has 118 valence electrons. The van der Waals surface area contributed by atoms with Gasteiger partial charge in [-0.25, -0.2) is 4.98 Å². The van der Waals surface area contributed by atoms with Gasteiger partial charge >= 0.3 is 0 Å². The Bertz CT molecular complexity index is 590. The molecule has 1 fully saturated rings. The van der Waals surface area contributed by atoms with Crippen molar-refractivity contribution >= 4 is 11.7 Å². The molecule has 0 unspecified atom stereocenters. The first kappa shape index (κ1) is 16.3. The number of carbonyl (C=O) groups is 1. The Kier molecular flexibility index (Phi) is 4.70. The third-order valence-electron chi connectivity index (χ3n) is 3.95. The number of hydrogen-bond acceptors (Lipinski definition) is 4. The molecule has 1 amide bonds. The van der Waals surface area contributed by atoms with Crippen LogP contribution in [0.3, 0.4) is 0 Å². The van der Waals surface area contributed by atoms with E-state index >= 15 is 0 Å². The molecule has 0 aliphatic carbocycles. The molecular weight excluding hydrogens is 276 g/mol. The van der Waals surface area contributed by atoms with Crippen molar-refractivity contribution in [1.29, 1.82) is 5.26 Å². The van der Waals surface area contributed by atoms with Gasteiger partial charge in [-0.15, -0.1) is 0 Å². The summed E-state index contributed by atoms with van der Waals surface area (Å²) in [5.41, 5.74) is 1.17. The lowest BCUT2D eigenvalue weighted by Crippen LogP contribution is -2.48. The van der Waals surface area contributed by atoms with Crippen LogP contribution >= 0.6 is 0 Å². The summed E-state index contributed by atoms with van der Waals surface area (Å²) in [6.07, 6.45) is 1.75. The molecule has 1 aliphatic rings. The number of hydrogen-bond donors (Lipinski definition) is 1. The fraction of sp³-hybridized carbons (Fsp3) is 0.588. The van der Waals surface area contributed by atoms with Crippen LogP contribution in [0.4, 0.5) is 5.82 Å². The highest BCUT2D eigenvalue weighted by Gasteiger charge is 2.27. The van der Waals surface area contributed by atoms with Crippen LogP contribution in [0.25, 0.3) is 0 Å². The predicted octanol–water partition coefficient (Wildman–Crippen LogP) is 2.39. The van der Waals surface area contributed by atoms with Gasteiger partial charge in [-0.2, -0.15) is 5.26 Å². The molecule has 22 heavy (non-hydrogen) atoms. The average Bonchev–Trinajstić information content (AvgIpc) is 2.47. The van der Waals surface area contributed by atoms with E-state index in [9.17, 15) is 10.1 Å². The van der Waals surface area contributed by atoms with Gasteiger partial charge in [0.25, 0.3) is 0 Å². The molecule has 1 saturated heterocycles. The third kappa shape index (κ3) is 3.76. The van der Waals surface area contributed by atoms with Gasteiger partial charge in [0.15, 0.2) is 0 Å². The standard InChI is InChI=1S/C17H24N4O/c1-12-5-6-13(11-18)15(19-12)21-9-7-14(8-10-21)20-16(22)17(2,3)4/h5-6,14H,7-10H2,1-4H3,(H,20,22). The second-order valence-corrected chi connectivity index (χ2v) is 6.92. The maximum Gasteiger partial charge on any atom is 0.225 e. The normalized spacial score (nSPS) is 16.2. The van der Waals surface area contributed by atoms with E-state index in [1.165, 1.54) is 0 Å². The van der Waals surface area contributed by atoms with Gasteiger partial charge in [0, 0.05) is 30.2 Å². The van der Waals surface area contributed by atoms with Gasteiger partial charge in [0.1, 0.15) is 11.9 Å². The number of nitriles is 1. The fourth-order valence-electron chi connectivity index (χ4n) is 2.51. The largest absolute Gasteiger partial charge is 0.355 e. The minimum absolute atomic E-state index is 0.0948. The molecule has 0 saturated carbocycles. The number of piperidine rings is 1. The van der Waals surface area contributed by atoms with Crippen LogP contribution in [0, 0.1) is 23.7 Å². The van der Waals surface area contributed by atoms with E-state index in [-0.39, 0.29) is 17.4 Å². The first-order valence-corrected chi connectivity index (χ1v) is 7.75. The maximum atomic E-state index is 12.0. The molecule has 0 radical (unpaired) electrons. The number of pyridine rings is 1. The van der Waals surface area contributed by atoms with Crippen LogP contribution in [0.15, 0.2) is 12.1 Å². The molecule has 5 nitrogen and oxygen atoms in total. The van der Waals surface area contributed by atoms with Crippen molar-refractivity contribution in [3.05, 3.63) is 23.4 Å². The summed E-state index contributed by atoms with van der Waals surface area (Å²) >= 11 is 0. The Morgan fingerprint density at radius 1 is 1.36 bits per heavy atom. The van der Waals surface area contributed by atoms with Crippen molar-refractivity contribution in [3.8, 4) is 6.07 Å². The van der Waals surface area contributed by atoms with Crippen molar-refractivity contribution in [2.75, 3.05) is 18.0 Å². The van der Waals surface area contributed by atoms with Crippen LogP contribution in [-0.4, -0.2) is 30.0 Å². The number of amides is 1. The summed E-state index contributed by atoms with van der Waals surface area (Å²) in [5, 5.41) is 12.3. The first-order chi connectivity index (χ1) is 10.3. The molecule has 0 spiro atoms. The molecule has 2 heterocycles. The van der Waals surface area contributed by atoms with Crippen LogP contribution in [-0.2, 0) is 4.79 Å². The lowest BCUT2D eigenvalue weighted by molar-refractivity contribution is -0.129. The summed E-state index contributed by atoms with van der Waals surface area (Å²) in [5.74, 6) is 0.862. The number of anilines is 1. The molecule has 1 aromatic rings. The molecule has 2 rings (SSSR count). The molecule has 0 atom stereocenters. The smallest absolute Gasteiger partial charge is 0.225 e. The van der Waals surface area contributed by atoms with Crippen molar-refractivity contribution in [2.45, 2.75) is 46.6 Å². The van der Waals surface area contributed by atoms with Gasteiger partial charge < -0.3 is 10.2 Å². The van der Waals surface area contributed by atoms with Crippen molar-refractivity contribution in [3.63, 3.8) is 0 Å². The van der Waals surface area contributed by atoms with E-state index in [2.05, 4.69) is 21.3 Å². The second-order valence-electron chi connectivity index (χ2n) is 6.92. The SMILES string of the molecule is Cc1ccc(C#N)c(N2CCC(NC(=O)C(C)(C)C)CC2)n1. The monoisotopic (exact) mass is 300 g/mol. The van der Waals surface area contributed by atoms with Gasteiger partial charge in [0.2, 0.25) is 5.91 Å². The van der Waals surface area contributed by atoms with Gasteiger partial charge in [0.05, 0.1) is 5.56 Å². The zero-order chi connectivity index (χ0) is 16.3. The Morgan fingerprint density at radius 2 is 2.00 bits per heavy atom. The van der Waals surface area contributed by atoms with Crippen molar-refractivity contribution in [2.24, 2.45) is 5.41 Å². The van der Waals surface area contributed by atoms with Gasteiger partial charge in [-0.05, 0) is 31.9 Å². The lowest BCUT2D eigenvalue weighted by atomic mass is 9.94. The van der Waals surface area contributed by atoms with Crippen LogP contribution < -0.4 is 10.2 Å². The van der Waals surface area contributed by atoms with Crippen LogP contribution in [0.5, 0.6) is 0 Å². The van der Waals surface area contributed by atoms with Crippen molar-refractivity contribution < 1.29 is 4.79 Å². The Hall–Kier alpha value is -2.09. The topological polar surface area (TPSA) is 69.0 Å². The Labute approximate surface area is 132 Å². The third-order valence-corrected chi connectivity index (χ3v) is 3.95. The lowest BCUT2D eigenvalue weighted by Gasteiger charge is -2.34. The van der Waals surface area contributed by atoms with Crippen LogP contribution in [0.1, 0.15) is 44.9 Å². The summed E-state index contributed by atoms with van der Waals surface area (Å²) in [6, 6.07) is 6.10. The average molecular weight is 300 g/mol. The number of aromatic nitrogens is 1. The maximum absolute atomic E-state index is 12.0. The quantitative estimate of drug-likeness (QED) is 0.910. The predicted molar refractivity (Wildman–Crippen MR) is 86.5 cm³/mol. The summed E-state index contributed by atoms with van der Waals surface area (Å²) < 4.78 is 0. The highest BCUT2D eigenvalue weighted by atomic mass is 16.2. The summed E-state index contributed by atoms with van der Waals surface area (Å²) in [4.78, 5) is 18.7. The van der Waals surface area contributed by atoms with E-state index in [0.29, 0.717) is 5.56 Å². The highest BCUT2D eigenvalue weighted by Crippen LogP contribution is 2.23. The van der Waals surface area contributed by atoms with Crippen LogP contribution in [0.2, 0.25) is 0 Å². The molecule has 1 aromatic heterocycles. The molecule has 1 N–H and O–H groups in total. The number of nitrogens with one attached hydrogen (secondary N) is 1. The van der Waals surface area contributed by atoms with Gasteiger partial charge in [-0.1, -0.05) is 20.8 Å². The fourth-order valence-corrected chi connectivity index (χ4v) is 2.51. The Morgan fingerprint density at radius 3 is 2.55 bits per heavy atom. The highest BCUT2D eigenvalue weighted by molar-refractivity contribution is 5.81. The van der Waals surface area contributed by atoms with E-state index in [4.69, 9.17) is 0 Å². The molecule has 1 aliphatic heterocycles. The van der Waals surface area contributed by atoms with E-state index in [1.807, 2.05) is 39.8 Å². The first-order valence-electron chi connectivity index (χ1n) is 7.75. The van der Waals surface area contributed by atoms with E-state index in [0.717, 1.165) is 37.4 Å². The zero-order valence-corrected chi connectivity index (χ0v) is 13.8. The molecule has 0 aromatic carbocycles. The minimum atomic E-state index is -0.358. The number of nitrogens with zero attached hydrogens (tertiary/aromatic N) is 3. The second kappa shape index (κ2) is 6.35. The molecular formula is C17H24N4O. The van der Waals surface area contributed by atoms with Crippen molar-refractivity contribution in [1.82, 2.24) is 10.3 Å². The molecule has 0 bridgehead atoms. The molecule has 5 heteroatoms. The number of aryl methyl sites for hydroxylation is 1. The summed E-state index contributed by atoms with van der Waals surface area (Å²) in [7, 11) is 0.